The molecular weight excluding hydrogens is 274 g/mol. The molecule has 2 aromatic rings. The Morgan fingerprint density at radius 3 is 2.80 bits per heavy atom. The molecule has 1 amide bonds. The normalized spacial score (nSPS) is 12.3. The van der Waals surface area contributed by atoms with E-state index in [2.05, 4.69) is 5.32 Å². The molecule has 0 radical (unpaired) electrons. The van der Waals surface area contributed by atoms with Crippen LogP contribution in [0.2, 0.25) is 0 Å². The molecule has 0 bridgehead atoms. The second kappa shape index (κ2) is 6.62. The van der Waals surface area contributed by atoms with Gasteiger partial charge >= 0.3 is 0 Å². The lowest BCUT2D eigenvalue weighted by molar-refractivity contribution is 0.0951. The van der Waals surface area contributed by atoms with Gasteiger partial charge in [-0.15, -0.1) is 11.6 Å². The first-order valence-corrected chi connectivity index (χ1v) is 7.20. The van der Waals surface area contributed by atoms with Gasteiger partial charge in [0.05, 0.1) is 10.9 Å². The summed E-state index contributed by atoms with van der Waals surface area (Å²) in [4.78, 5) is 12.1. The first kappa shape index (κ1) is 14.7. The Bertz CT molecular complexity index is 612. The number of rotatable bonds is 5. The third kappa shape index (κ3) is 3.23. The first-order chi connectivity index (χ1) is 9.63. The van der Waals surface area contributed by atoms with Crippen LogP contribution in [0.1, 0.15) is 30.1 Å². The molecule has 20 heavy (non-hydrogen) atoms. The van der Waals surface area contributed by atoms with E-state index in [1.54, 1.807) is 12.1 Å². The van der Waals surface area contributed by atoms with Crippen molar-refractivity contribution in [2.24, 2.45) is 0 Å². The molecule has 3 nitrogen and oxygen atoms in total. The Balaban J connectivity index is 2.16. The number of amides is 1. The fourth-order valence-electron chi connectivity index (χ4n) is 2.15. The number of aromatic hydroxyl groups is 1. The number of fused-ring (bicyclic) bond motifs is 1. The van der Waals surface area contributed by atoms with E-state index in [0.717, 1.165) is 18.2 Å². The largest absolute Gasteiger partial charge is 0.506 e. The van der Waals surface area contributed by atoms with Gasteiger partial charge in [-0.05, 0) is 17.9 Å². The SMILES string of the molecule is CCCC(Cl)CNC(=O)c1ccc2ccccc2c1O. The van der Waals surface area contributed by atoms with Gasteiger partial charge in [-0.2, -0.15) is 0 Å². The highest BCUT2D eigenvalue weighted by Gasteiger charge is 2.14. The highest BCUT2D eigenvalue weighted by molar-refractivity contribution is 6.21. The number of carbonyl (C=O) groups excluding carboxylic acids is 1. The quantitative estimate of drug-likeness (QED) is 0.826. The van der Waals surface area contributed by atoms with Crippen LogP contribution in [0.4, 0.5) is 0 Å². The van der Waals surface area contributed by atoms with Gasteiger partial charge in [0.2, 0.25) is 0 Å². The smallest absolute Gasteiger partial charge is 0.255 e. The van der Waals surface area contributed by atoms with E-state index in [0.29, 0.717) is 11.9 Å². The van der Waals surface area contributed by atoms with Crippen LogP contribution in [-0.4, -0.2) is 22.9 Å². The predicted octanol–water partition coefficient (Wildman–Crippen LogP) is 3.68. The van der Waals surface area contributed by atoms with Gasteiger partial charge in [-0.25, -0.2) is 0 Å². The maximum atomic E-state index is 12.1. The Hall–Kier alpha value is -1.74. The van der Waals surface area contributed by atoms with Crippen LogP contribution in [0.3, 0.4) is 0 Å². The number of phenols is 1. The van der Waals surface area contributed by atoms with Crippen molar-refractivity contribution in [2.75, 3.05) is 6.54 Å². The monoisotopic (exact) mass is 291 g/mol. The number of halogens is 1. The molecule has 2 rings (SSSR count). The second-order valence-corrected chi connectivity index (χ2v) is 5.40. The molecule has 0 saturated heterocycles. The molecule has 0 aliphatic carbocycles. The fraction of sp³-hybridized carbons (Fsp3) is 0.312. The van der Waals surface area contributed by atoms with Crippen molar-refractivity contribution in [3.05, 3.63) is 42.0 Å². The Morgan fingerprint density at radius 2 is 2.05 bits per heavy atom. The first-order valence-electron chi connectivity index (χ1n) is 6.76. The van der Waals surface area contributed by atoms with Crippen LogP contribution < -0.4 is 5.32 Å². The third-order valence-electron chi connectivity index (χ3n) is 3.23. The predicted molar refractivity (Wildman–Crippen MR) is 82.5 cm³/mol. The van der Waals surface area contributed by atoms with Gasteiger partial charge in [-0.3, -0.25) is 4.79 Å². The van der Waals surface area contributed by atoms with E-state index in [9.17, 15) is 9.90 Å². The van der Waals surface area contributed by atoms with Crippen molar-refractivity contribution < 1.29 is 9.90 Å². The summed E-state index contributed by atoms with van der Waals surface area (Å²) in [7, 11) is 0. The van der Waals surface area contributed by atoms with Crippen molar-refractivity contribution >= 4 is 28.3 Å². The molecule has 0 heterocycles. The molecule has 0 aliphatic rings. The van der Waals surface area contributed by atoms with Gasteiger partial charge in [0.25, 0.3) is 5.91 Å². The second-order valence-electron chi connectivity index (χ2n) is 4.78. The van der Waals surface area contributed by atoms with Gasteiger partial charge in [-0.1, -0.05) is 43.7 Å². The minimum atomic E-state index is -0.296. The summed E-state index contributed by atoms with van der Waals surface area (Å²) in [5.74, 6) is -0.280. The molecule has 0 aromatic heterocycles. The summed E-state index contributed by atoms with van der Waals surface area (Å²) in [6, 6.07) is 10.9. The standard InChI is InChI=1S/C16H18ClNO2/c1-2-5-12(17)10-18-16(20)14-9-8-11-6-3-4-7-13(11)15(14)19/h3-4,6-9,12,19H,2,5,10H2,1H3,(H,18,20). The molecule has 0 fully saturated rings. The summed E-state index contributed by atoms with van der Waals surface area (Å²) in [5, 5.41) is 14.5. The maximum absolute atomic E-state index is 12.1. The number of benzene rings is 2. The van der Waals surface area contributed by atoms with Crippen molar-refractivity contribution in [3.63, 3.8) is 0 Å². The highest BCUT2D eigenvalue weighted by Crippen LogP contribution is 2.28. The number of hydrogen-bond acceptors (Lipinski definition) is 2. The van der Waals surface area contributed by atoms with Crippen LogP contribution in [0.25, 0.3) is 10.8 Å². The number of alkyl halides is 1. The zero-order chi connectivity index (χ0) is 14.5. The molecule has 2 N–H and O–H groups in total. The Morgan fingerprint density at radius 1 is 1.30 bits per heavy atom. The topological polar surface area (TPSA) is 49.3 Å². The zero-order valence-corrected chi connectivity index (χ0v) is 12.2. The number of hydrogen-bond donors (Lipinski definition) is 2. The average molecular weight is 292 g/mol. The van der Waals surface area contributed by atoms with Crippen LogP contribution >= 0.6 is 11.6 Å². The molecule has 2 aromatic carbocycles. The summed E-state index contributed by atoms with van der Waals surface area (Å²) in [5.41, 5.74) is 0.282. The van der Waals surface area contributed by atoms with Crippen molar-refractivity contribution in [2.45, 2.75) is 25.1 Å². The highest BCUT2D eigenvalue weighted by atomic mass is 35.5. The van der Waals surface area contributed by atoms with E-state index in [1.165, 1.54) is 0 Å². The van der Waals surface area contributed by atoms with E-state index >= 15 is 0 Å². The van der Waals surface area contributed by atoms with Crippen molar-refractivity contribution in [1.29, 1.82) is 0 Å². The minimum absolute atomic E-state index is 0.0159. The molecule has 4 heteroatoms. The maximum Gasteiger partial charge on any atom is 0.255 e. The molecule has 0 saturated carbocycles. The summed E-state index contributed by atoms with van der Waals surface area (Å²) in [6.07, 6.45) is 1.83. The van der Waals surface area contributed by atoms with E-state index in [4.69, 9.17) is 11.6 Å². The lowest BCUT2D eigenvalue weighted by Crippen LogP contribution is -2.29. The summed E-state index contributed by atoms with van der Waals surface area (Å²) < 4.78 is 0. The third-order valence-corrected chi connectivity index (χ3v) is 3.60. The number of phenolic OH excluding ortho intramolecular Hbond substituents is 1. The Kier molecular flexibility index (Phi) is 4.85. The van der Waals surface area contributed by atoms with Gasteiger partial charge < -0.3 is 10.4 Å². The van der Waals surface area contributed by atoms with Gasteiger partial charge in [0.1, 0.15) is 5.75 Å². The lowest BCUT2D eigenvalue weighted by Gasteiger charge is -2.11. The van der Waals surface area contributed by atoms with E-state index < -0.39 is 0 Å². The molecule has 106 valence electrons. The van der Waals surface area contributed by atoms with Crippen LogP contribution in [0.15, 0.2) is 36.4 Å². The van der Waals surface area contributed by atoms with Crippen LogP contribution in [0.5, 0.6) is 5.75 Å². The number of carbonyl (C=O) groups is 1. The molecule has 0 spiro atoms. The Labute approximate surface area is 123 Å². The van der Waals surface area contributed by atoms with Crippen LogP contribution in [-0.2, 0) is 0 Å². The van der Waals surface area contributed by atoms with Crippen molar-refractivity contribution in [1.82, 2.24) is 5.32 Å². The molecule has 0 aliphatic heterocycles. The zero-order valence-electron chi connectivity index (χ0n) is 11.4. The van der Waals surface area contributed by atoms with E-state index in [1.807, 2.05) is 31.2 Å². The van der Waals surface area contributed by atoms with Gasteiger partial charge in [0.15, 0.2) is 0 Å². The fourth-order valence-corrected chi connectivity index (χ4v) is 2.45. The average Bonchev–Trinajstić information content (AvgIpc) is 2.46. The lowest BCUT2D eigenvalue weighted by atomic mass is 10.0. The number of nitrogens with one attached hydrogen (secondary N) is 1. The van der Waals surface area contributed by atoms with Gasteiger partial charge in [0, 0.05) is 11.9 Å². The summed E-state index contributed by atoms with van der Waals surface area (Å²) in [6.45, 7) is 2.45. The molecular formula is C16H18ClNO2. The molecule has 1 atom stereocenters. The summed E-state index contributed by atoms with van der Waals surface area (Å²) >= 11 is 6.07. The van der Waals surface area contributed by atoms with Crippen LogP contribution in [0, 0.1) is 0 Å². The van der Waals surface area contributed by atoms with Crippen molar-refractivity contribution in [3.8, 4) is 5.75 Å². The minimum Gasteiger partial charge on any atom is -0.506 e. The van der Waals surface area contributed by atoms with E-state index in [-0.39, 0.29) is 22.6 Å². The molecule has 1 unspecified atom stereocenters.